The van der Waals surface area contributed by atoms with Crippen molar-refractivity contribution in [1.82, 2.24) is 10.2 Å². The van der Waals surface area contributed by atoms with Crippen molar-refractivity contribution in [2.75, 3.05) is 26.2 Å². The number of nitrogens with one attached hydrogen (secondary N) is 1. The fraction of sp³-hybridized carbons (Fsp3) is 0.647. The lowest BCUT2D eigenvalue weighted by atomic mass is 9.95. The molecule has 0 amide bonds. The maximum atomic E-state index is 8.87. The lowest BCUT2D eigenvalue weighted by molar-refractivity contribution is 0.141. The first-order chi connectivity index (χ1) is 9.67. The van der Waals surface area contributed by atoms with Crippen LogP contribution in [0.1, 0.15) is 30.9 Å². The predicted molar refractivity (Wildman–Crippen MR) is 83.7 cm³/mol. The quantitative estimate of drug-likeness (QED) is 0.782. The van der Waals surface area contributed by atoms with Crippen LogP contribution < -0.4 is 5.32 Å². The molecule has 1 aliphatic heterocycles. The maximum Gasteiger partial charge on any atom is 0.0443 e. The molecular formula is C17H28N2O. The zero-order valence-corrected chi connectivity index (χ0v) is 12.8. The molecule has 1 heterocycles. The van der Waals surface area contributed by atoms with E-state index < -0.39 is 0 Å². The molecule has 2 unspecified atom stereocenters. The molecule has 1 aromatic carbocycles. The van der Waals surface area contributed by atoms with Crippen LogP contribution in [0.3, 0.4) is 0 Å². The highest BCUT2D eigenvalue weighted by molar-refractivity contribution is 5.22. The van der Waals surface area contributed by atoms with Crippen LogP contribution in [0.2, 0.25) is 0 Å². The Kier molecular flexibility index (Phi) is 6.02. The van der Waals surface area contributed by atoms with Gasteiger partial charge in [-0.15, -0.1) is 0 Å². The van der Waals surface area contributed by atoms with Crippen molar-refractivity contribution in [3.63, 3.8) is 0 Å². The molecule has 0 radical (unpaired) electrons. The molecule has 0 saturated carbocycles. The lowest BCUT2D eigenvalue weighted by Crippen LogP contribution is -2.48. The summed E-state index contributed by atoms with van der Waals surface area (Å²) < 4.78 is 0. The number of piperidine rings is 1. The molecule has 1 saturated heterocycles. The largest absolute Gasteiger partial charge is 0.396 e. The topological polar surface area (TPSA) is 35.5 Å². The van der Waals surface area contributed by atoms with Crippen molar-refractivity contribution in [3.05, 3.63) is 35.4 Å². The number of nitrogens with zero attached hydrogens (tertiary/aromatic N) is 1. The molecule has 0 aromatic heterocycles. The van der Waals surface area contributed by atoms with E-state index >= 15 is 0 Å². The van der Waals surface area contributed by atoms with E-state index in [0.29, 0.717) is 6.04 Å². The minimum absolute atomic E-state index is 0.280. The van der Waals surface area contributed by atoms with Crippen LogP contribution in [0.5, 0.6) is 0 Å². The highest BCUT2D eigenvalue weighted by atomic mass is 16.3. The standard InChI is InChI=1S/C17H28N2O/c1-14-5-3-6-16(9-14)12-19-11-15(2)10-17(13-19)18-7-4-8-20/h3,5-6,9,15,17-18,20H,4,7-8,10-13H2,1-2H3. The Morgan fingerprint density at radius 1 is 1.35 bits per heavy atom. The fourth-order valence-corrected chi connectivity index (χ4v) is 3.19. The first-order valence-corrected chi connectivity index (χ1v) is 7.79. The number of likely N-dealkylation sites (tertiary alicyclic amines) is 1. The van der Waals surface area contributed by atoms with Gasteiger partial charge in [0.05, 0.1) is 0 Å². The van der Waals surface area contributed by atoms with Crippen LogP contribution in [-0.4, -0.2) is 42.3 Å². The zero-order chi connectivity index (χ0) is 14.4. The number of aliphatic hydroxyl groups excluding tert-OH is 1. The summed E-state index contributed by atoms with van der Waals surface area (Å²) in [5.74, 6) is 0.736. The van der Waals surface area contributed by atoms with Crippen molar-refractivity contribution >= 4 is 0 Å². The second kappa shape index (κ2) is 7.77. The molecule has 1 aromatic rings. The summed E-state index contributed by atoms with van der Waals surface area (Å²) in [5.41, 5.74) is 2.75. The van der Waals surface area contributed by atoms with Gasteiger partial charge in [-0.3, -0.25) is 4.90 Å². The Morgan fingerprint density at radius 2 is 2.20 bits per heavy atom. The normalized spacial score (nSPS) is 23.9. The monoisotopic (exact) mass is 276 g/mol. The number of hydrogen-bond donors (Lipinski definition) is 2. The van der Waals surface area contributed by atoms with E-state index in [9.17, 15) is 0 Å². The van der Waals surface area contributed by atoms with Crippen LogP contribution in [0.4, 0.5) is 0 Å². The van der Waals surface area contributed by atoms with Gasteiger partial charge in [0.25, 0.3) is 0 Å². The van der Waals surface area contributed by atoms with Gasteiger partial charge in [0, 0.05) is 32.3 Å². The molecule has 20 heavy (non-hydrogen) atoms. The van der Waals surface area contributed by atoms with Crippen molar-refractivity contribution in [1.29, 1.82) is 0 Å². The highest BCUT2D eigenvalue weighted by Crippen LogP contribution is 2.19. The molecule has 1 aliphatic rings. The van der Waals surface area contributed by atoms with Gasteiger partial charge in [0.2, 0.25) is 0 Å². The molecule has 1 fully saturated rings. The van der Waals surface area contributed by atoms with Gasteiger partial charge in [-0.25, -0.2) is 0 Å². The summed E-state index contributed by atoms with van der Waals surface area (Å²) in [6.45, 7) is 9.04. The van der Waals surface area contributed by atoms with Gasteiger partial charge in [0.15, 0.2) is 0 Å². The summed E-state index contributed by atoms with van der Waals surface area (Å²) in [7, 11) is 0. The van der Waals surface area contributed by atoms with E-state index in [0.717, 1.165) is 32.0 Å². The third-order valence-corrected chi connectivity index (χ3v) is 3.99. The molecular weight excluding hydrogens is 248 g/mol. The van der Waals surface area contributed by atoms with Crippen LogP contribution in [0.15, 0.2) is 24.3 Å². The zero-order valence-electron chi connectivity index (χ0n) is 12.8. The van der Waals surface area contributed by atoms with Crippen LogP contribution in [-0.2, 0) is 6.54 Å². The predicted octanol–water partition coefficient (Wildman–Crippen LogP) is 2.18. The van der Waals surface area contributed by atoms with E-state index in [-0.39, 0.29) is 6.61 Å². The first-order valence-electron chi connectivity index (χ1n) is 7.79. The number of benzene rings is 1. The van der Waals surface area contributed by atoms with Crippen molar-refractivity contribution in [2.24, 2.45) is 5.92 Å². The maximum absolute atomic E-state index is 8.87. The first kappa shape index (κ1) is 15.5. The molecule has 2 atom stereocenters. The van der Waals surface area contributed by atoms with E-state index in [1.807, 2.05) is 0 Å². The van der Waals surface area contributed by atoms with E-state index in [4.69, 9.17) is 5.11 Å². The summed E-state index contributed by atoms with van der Waals surface area (Å²) in [6, 6.07) is 9.37. The third-order valence-electron chi connectivity index (χ3n) is 3.99. The third kappa shape index (κ3) is 4.89. The van der Waals surface area contributed by atoms with E-state index in [1.165, 1.54) is 24.1 Å². The van der Waals surface area contributed by atoms with Gasteiger partial charge in [0.1, 0.15) is 0 Å². The summed E-state index contributed by atoms with van der Waals surface area (Å²) in [4.78, 5) is 2.56. The average molecular weight is 276 g/mol. The van der Waals surface area contributed by atoms with E-state index in [1.54, 1.807) is 0 Å². The molecule has 0 bridgehead atoms. The minimum atomic E-state index is 0.280. The Balaban J connectivity index is 1.87. The average Bonchev–Trinajstić information content (AvgIpc) is 2.38. The van der Waals surface area contributed by atoms with Crippen LogP contribution >= 0.6 is 0 Å². The van der Waals surface area contributed by atoms with Crippen LogP contribution in [0.25, 0.3) is 0 Å². The Labute approximate surface area is 123 Å². The van der Waals surface area contributed by atoms with Crippen molar-refractivity contribution < 1.29 is 5.11 Å². The van der Waals surface area contributed by atoms with Crippen LogP contribution in [0, 0.1) is 12.8 Å². The SMILES string of the molecule is Cc1cccc(CN2CC(C)CC(NCCCO)C2)c1. The van der Waals surface area contributed by atoms with Gasteiger partial charge in [-0.1, -0.05) is 36.8 Å². The Morgan fingerprint density at radius 3 is 2.95 bits per heavy atom. The molecule has 3 nitrogen and oxygen atoms in total. The van der Waals surface area contributed by atoms with Gasteiger partial charge in [-0.05, 0) is 37.8 Å². The molecule has 0 aliphatic carbocycles. The lowest BCUT2D eigenvalue weighted by Gasteiger charge is -2.37. The van der Waals surface area contributed by atoms with Gasteiger partial charge in [-0.2, -0.15) is 0 Å². The van der Waals surface area contributed by atoms with Gasteiger partial charge < -0.3 is 10.4 Å². The molecule has 2 rings (SSSR count). The van der Waals surface area contributed by atoms with Crippen molar-refractivity contribution in [2.45, 2.75) is 39.3 Å². The number of aliphatic hydroxyl groups is 1. The Hall–Kier alpha value is -0.900. The second-order valence-electron chi connectivity index (χ2n) is 6.25. The summed E-state index contributed by atoms with van der Waals surface area (Å²) in [6.07, 6.45) is 2.10. The van der Waals surface area contributed by atoms with Gasteiger partial charge >= 0.3 is 0 Å². The highest BCUT2D eigenvalue weighted by Gasteiger charge is 2.24. The fourth-order valence-electron chi connectivity index (χ4n) is 3.19. The Bertz CT molecular complexity index is 408. The number of hydrogen-bond acceptors (Lipinski definition) is 3. The smallest absolute Gasteiger partial charge is 0.0443 e. The number of aryl methyl sites for hydroxylation is 1. The summed E-state index contributed by atoms with van der Waals surface area (Å²) in [5, 5.41) is 12.4. The molecule has 3 heteroatoms. The molecule has 112 valence electrons. The number of rotatable bonds is 6. The summed E-state index contributed by atoms with van der Waals surface area (Å²) >= 11 is 0. The molecule has 0 spiro atoms. The minimum Gasteiger partial charge on any atom is -0.396 e. The second-order valence-corrected chi connectivity index (χ2v) is 6.25. The molecule has 2 N–H and O–H groups in total. The van der Waals surface area contributed by atoms with E-state index in [2.05, 4.69) is 48.3 Å². The van der Waals surface area contributed by atoms with Crippen molar-refractivity contribution in [3.8, 4) is 0 Å².